The van der Waals surface area contributed by atoms with E-state index in [0.29, 0.717) is 0 Å². The van der Waals surface area contributed by atoms with Crippen molar-refractivity contribution < 1.29 is 27.5 Å². The van der Waals surface area contributed by atoms with Gasteiger partial charge < -0.3 is 14.8 Å². The van der Waals surface area contributed by atoms with E-state index in [2.05, 4.69) is 16.6 Å². The van der Waals surface area contributed by atoms with Gasteiger partial charge in [-0.1, -0.05) is 24.8 Å². The third-order valence-corrected chi connectivity index (χ3v) is 3.82. The Morgan fingerprint density at radius 2 is 1.82 bits per heavy atom. The summed E-state index contributed by atoms with van der Waals surface area (Å²) in [7, 11) is -3.69. The van der Waals surface area contributed by atoms with Gasteiger partial charge in [-0.3, -0.25) is 0 Å². The quantitative estimate of drug-likeness (QED) is 0.460. The first-order valence-corrected chi connectivity index (χ1v) is 7.99. The SMILES string of the molecule is C=C(C)C(=O)OCCNC(=O)OCS(=O)(=O)c1ccccc1. The highest BCUT2D eigenvalue weighted by atomic mass is 32.2. The summed E-state index contributed by atoms with van der Waals surface area (Å²) < 4.78 is 33.1. The highest BCUT2D eigenvalue weighted by Gasteiger charge is 2.16. The average Bonchev–Trinajstić information content (AvgIpc) is 2.50. The Labute approximate surface area is 128 Å². The molecule has 1 rings (SSSR count). The zero-order valence-electron chi connectivity index (χ0n) is 12.1. The van der Waals surface area contributed by atoms with Gasteiger partial charge in [-0.2, -0.15) is 0 Å². The Morgan fingerprint density at radius 1 is 1.18 bits per heavy atom. The molecular formula is C14H17NO6S. The Hall–Kier alpha value is -2.35. The van der Waals surface area contributed by atoms with E-state index in [1.165, 1.54) is 19.1 Å². The van der Waals surface area contributed by atoms with Crippen LogP contribution in [0.15, 0.2) is 47.4 Å². The lowest BCUT2D eigenvalue weighted by Gasteiger charge is -2.08. The first-order valence-electron chi connectivity index (χ1n) is 6.34. The summed E-state index contributed by atoms with van der Waals surface area (Å²) in [5.41, 5.74) is 0.247. The average molecular weight is 327 g/mol. The minimum Gasteiger partial charge on any atom is -0.460 e. The molecule has 0 radical (unpaired) electrons. The molecule has 0 aliphatic carbocycles. The van der Waals surface area contributed by atoms with E-state index < -0.39 is 27.8 Å². The minimum atomic E-state index is -3.69. The van der Waals surface area contributed by atoms with Crippen LogP contribution in [0.4, 0.5) is 4.79 Å². The molecule has 0 spiro atoms. The number of carbonyl (C=O) groups is 2. The second kappa shape index (κ2) is 8.18. The molecule has 1 amide bonds. The monoisotopic (exact) mass is 327 g/mol. The lowest BCUT2D eigenvalue weighted by molar-refractivity contribution is -0.138. The van der Waals surface area contributed by atoms with E-state index in [9.17, 15) is 18.0 Å². The zero-order chi connectivity index (χ0) is 16.6. The molecule has 0 aromatic heterocycles. The number of hydrogen-bond acceptors (Lipinski definition) is 6. The molecule has 0 heterocycles. The smallest absolute Gasteiger partial charge is 0.408 e. The molecule has 0 bridgehead atoms. The molecule has 0 saturated heterocycles. The largest absolute Gasteiger partial charge is 0.460 e. The van der Waals surface area contributed by atoms with Crippen LogP contribution in [0.25, 0.3) is 0 Å². The van der Waals surface area contributed by atoms with E-state index in [-0.39, 0.29) is 23.6 Å². The van der Waals surface area contributed by atoms with Gasteiger partial charge in [-0.15, -0.1) is 0 Å². The molecule has 7 nitrogen and oxygen atoms in total. The standard InChI is InChI=1S/C14H17NO6S/c1-11(2)13(16)20-9-8-15-14(17)21-10-22(18,19)12-6-4-3-5-7-12/h3-7H,1,8-10H2,2H3,(H,15,17). The van der Waals surface area contributed by atoms with Gasteiger partial charge in [0, 0.05) is 5.57 Å². The number of esters is 1. The maximum absolute atomic E-state index is 11.8. The molecule has 0 aliphatic heterocycles. The third kappa shape index (κ3) is 5.96. The molecule has 1 aromatic rings. The summed E-state index contributed by atoms with van der Waals surface area (Å²) in [5, 5.41) is 2.27. The minimum absolute atomic E-state index is 0.00321. The lowest BCUT2D eigenvalue weighted by atomic mass is 10.4. The van der Waals surface area contributed by atoms with E-state index in [4.69, 9.17) is 4.74 Å². The van der Waals surface area contributed by atoms with Gasteiger partial charge in [0.2, 0.25) is 9.84 Å². The van der Waals surface area contributed by atoms with Crippen molar-refractivity contribution in [3.63, 3.8) is 0 Å². The topological polar surface area (TPSA) is 98.8 Å². The van der Waals surface area contributed by atoms with Crippen molar-refractivity contribution in [2.24, 2.45) is 0 Å². The van der Waals surface area contributed by atoms with Crippen LogP contribution in [-0.2, 0) is 24.1 Å². The van der Waals surface area contributed by atoms with Crippen molar-refractivity contribution in [3.05, 3.63) is 42.5 Å². The number of alkyl carbamates (subject to hydrolysis) is 1. The molecule has 120 valence electrons. The summed E-state index contributed by atoms with van der Waals surface area (Å²) in [6.45, 7) is 4.84. The molecule has 1 aromatic carbocycles. The molecule has 0 unspecified atom stereocenters. The fraction of sp³-hybridized carbons (Fsp3) is 0.286. The summed E-state index contributed by atoms with van der Waals surface area (Å²) in [6, 6.07) is 7.64. The summed E-state index contributed by atoms with van der Waals surface area (Å²) in [4.78, 5) is 22.5. The van der Waals surface area contributed by atoms with E-state index >= 15 is 0 Å². The van der Waals surface area contributed by atoms with E-state index in [1.807, 2.05) is 0 Å². The number of sulfone groups is 1. The van der Waals surface area contributed by atoms with Crippen molar-refractivity contribution in [1.82, 2.24) is 5.32 Å². The van der Waals surface area contributed by atoms with Crippen LogP contribution in [0, 0.1) is 0 Å². The number of benzene rings is 1. The van der Waals surface area contributed by atoms with Gasteiger partial charge in [0.15, 0.2) is 5.94 Å². The number of amides is 1. The molecule has 22 heavy (non-hydrogen) atoms. The molecule has 0 saturated carbocycles. The maximum atomic E-state index is 11.8. The van der Waals surface area contributed by atoms with Crippen LogP contribution in [-0.4, -0.2) is 39.6 Å². The zero-order valence-corrected chi connectivity index (χ0v) is 12.9. The number of hydrogen-bond donors (Lipinski definition) is 1. The van der Waals surface area contributed by atoms with Crippen molar-refractivity contribution in [3.8, 4) is 0 Å². The van der Waals surface area contributed by atoms with Crippen molar-refractivity contribution >= 4 is 21.9 Å². The van der Waals surface area contributed by atoms with E-state index in [0.717, 1.165) is 0 Å². The first kappa shape index (κ1) is 17.7. The molecular weight excluding hydrogens is 310 g/mol. The molecule has 0 atom stereocenters. The second-order valence-corrected chi connectivity index (χ2v) is 6.26. The normalized spacial score (nSPS) is 10.6. The molecule has 0 fully saturated rings. The van der Waals surface area contributed by atoms with E-state index in [1.54, 1.807) is 18.2 Å². The van der Waals surface area contributed by atoms with Gasteiger partial charge in [0.05, 0.1) is 11.4 Å². The van der Waals surface area contributed by atoms with Gasteiger partial charge in [-0.25, -0.2) is 18.0 Å². The van der Waals surface area contributed by atoms with Crippen LogP contribution in [0.5, 0.6) is 0 Å². The fourth-order valence-electron chi connectivity index (χ4n) is 1.30. The van der Waals surface area contributed by atoms with Gasteiger partial charge >= 0.3 is 12.1 Å². The molecule has 0 aliphatic rings. The van der Waals surface area contributed by atoms with Crippen LogP contribution < -0.4 is 5.32 Å². The Kier molecular flexibility index (Phi) is 6.58. The van der Waals surface area contributed by atoms with Crippen LogP contribution >= 0.6 is 0 Å². The number of rotatable bonds is 7. The highest BCUT2D eigenvalue weighted by Crippen LogP contribution is 2.10. The van der Waals surface area contributed by atoms with Crippen LogP contribution in [0.1, 0.15) is 6.92 Å². The Balaban J connectivity index is 2.32. The summed E-state index contributed by atoms with van der Waals surface area (Å²) >= 11 is 0. The fourth-order valence-corrected chi connectivity index (χ4v) is 2.27. The van der Waals surface area contributed by atoms with Crippen LogP contribution in [0.3, 0.4) is 0 Å². The molecule has 1 N–H and O–H groups in total. The summed E-state index contributed by atoms with van der Waals surface area (Å²) in [5.74, 6) is -1.34. The predicted octanol–water partition coefficient (Wildman–Crippen LogP) is 1.26. The number of nitrogens with one attached hydrogen (secondary N) is 1. The van der Waals surface area contributed by atoms with Crippen molar-refractivity contribution in [1.29, 1.82) is 0 Å². The number of carbonyl (C=O) groups excluding carboxylic acids is 2. The number of ether oxygens (including phenoxy) is 2. The molecule has 8 heteroatoms. The van der Waals surface area contributed by atoms with Gasteiger partial charge in [0.25, 0.3) is 0 Å². The van der Waals surface area contributed by atoms with Crippen molar-refractivity contribution in [2.45, 2.75) is 11.8 Å². The maximum Gasteiger partial charge on any atom is 0.408 e. The Morgan fingerprint density at radius 3 is 2.41 bits per heavy atom. The summed E-state index contributed by atoms with van der Waals surface area (Å²) in [6.07, 6.45) is -0.911. The van der Waals surface area contributed by atoms with Gasteiger partial charge in [-0.05, 0) is 19.1 Å². The van der Waals surface area contributed by atoms with Crippen LogP contribution in [0.2, 0.25) is 0 Å². The van der Waals surface area contributed by atoms with Crippen molar-refractivity contribution in [2.75, 3.05) is 19.1 Å². The Bertz CT molecular complexity index is 639. The predicted molar refractivity (Wildman–Crippen MR) is 78.8 cm³/mol. The van der Waals surface area contributed by atoms with Gasteiger partial charge in [0.1, 0.15) is 6.61 Å². The highest BCUT2D eigenvalue weighted by molar-refractivity contribution is 7.91. The second-order valence-electron chi connectivity index (χ2n) is 4.32. The lowest BCUT2D eigenvalue weighted by Crippen LogP contribution is -2.30. The first-order chi connectivity index (χ1) is 10.3. The third-order valence-electron chi connectivity index (χ3n) is 2.40.